The highest BCUT2D eigenvalue weighted by molar-refractivity contribution is 4.79. The van der Waals surface area contributed by atoms with Gasteiger partial charge in [0, 0.05) is 25.7 Å². The van der Waals surface area contributed by atoms with Gasteiger partial charge in [0.2, 0.25) is 0 Å². The van der Waals surface area contributed by atoms with Gasteiger partial charge in [-0.2, -0.15) is 0 Å². The van der Waals surface area contributed by atoms with Gasteiger partial charge in [-0.05, 0) is 53.1 Å². The van der Waals surface area contributed by atoms with Crippen molar-refractivity contribution in [3.63, 3.8) is 0 Å². The first-order valence-corrected chi connectivity index (χ1v) is 6.67. The number of hydrogen-bond acceptors (Lipinski definition) is 3. The average Bonchev–Trinajstić information content (AvgIpc) is 2.26. The van der Waals surface area contributed by atoms with Gasteiger partial charge in [-0.15, -0.1) is 0 Å². The van der Waals surface area contributed by atoms with Crippen LogP contribution in [0, 0.1) is 5.92 Å². The molecule has 16 heavy (non-hydrogen) atoms. The van der Waals surface area contributed by atoms with Gasteiger partial charge in [-0.25, -0.2) is 0 Å². The standard InChI is InChI=1S/C13H28N2O/c1-5-16-11(2)9-14-12(3)13-7-6-8-15(4)10-13/h11-14H,5-10H2,1-4H3. The molecule has 1 heterocycles. The van der Waals surface area contributed by atoms with Gasteiger partial charge < -0.3 is 15.0 Å². The van der Waals surface area contributed by atoms with Gasteiger partial charge in [0.1, 0.15) is 0 Å². The van der Waals surface area contributed by atoms with Crippen molar-refractivity contribution < 1.29 is 4.74 Å². The normalized spacial score (nSPS) is 26.6. The molecule has 0 spiro atoms. The number of hydrogen-bond donors (Lipinski definition) is 1. The van der Waals surface area contributed by atoms with Gasteiger partial charge in [-0.3, -0.25) is 0 Å². The van der Waals surface area contributed by atoms with Crippen LogP contribution in [0.1, 0.15) is 33.6 Å². The second-order valence-corrected chi connectivity index (χ2v) is 5.13. The molecule has 1 N–H and O–H groups in total. The van der Waals surface area contributed by atoms with Crippen LogP contribution in [-0.2, 0) is 4.74 Å². The van der Waals surface area contributed by atoms with E-state index in [-0.39, 0.29) is 0 Å². The molecule has 0 aromatic rings. The molecule has 0 aromatic heterocycles. The Bertz CT molecular complexity index is 187. The largest absolute Gasteiger partial charge is 0.377 e. The minimum atomic E-state index is 0.328. The summed E-state index contributed by atoms with van der Waals surface area (Å²) in [5, 5.41) is 3.61. The van der Waals surface area contributed by atoms with Crippen LogP contribution in [0.4, 0.5) is 0 Å². The molecule has 3 heteroatoms. The molecule has 0 saturated carbocycles. The number of likely N-dealkylation sites (tertiary alicyclic amines) is 1. The maximum atomic E-state index is 5.53. The van der Waals surface area contributed by atoms with Gasteiger partial charge in [0.15, 0.2) is 0 Å². The predicted octanol–water partition coefficient (Wildman–Crippen LogP) is 1.73. The van der Waals surface area contributed by atoms with Crippen LogP contribution in [0.2, 0.25) is 0 Å². The van der Waals surface area contributed by atoms with Crippen molar-refractivity contribution in [3.8, 4) is 0 Å². The van der Waals surface area contributed by atoms with E-state index in [9.17, 15) is 0 Å². The first-order valence-electron chi connectivity index (χ1n) is 6.67. The van der Waals surface area contributed by atoms with Crippen molar-refractivity contribution in [2.75, 3.05) is 33.3 Å². The zero-order chi connectivity index (χ0) is 12.0. The topological polar surface area (TPSA) is 24.5 Å². The van der Waals surface area contributed by atoms with Crippen molar-refractivity contribution >= 4 is 0 Å². The quantitative estimate of drug-likeness (QED) is 0.749. The molecule has 0 aliphatic carbocycles. The summed E-state index contributed by atoms with van der Waals surface area (Å²) in [5.41, 5.74) is 0. The van der Waals surface area contributed by atoms with Crippen LogP contribution in [0.5, 0.6) is 0 Å². The van der Waals surface area contributed by atoms with E-state index in [1.807, 2.05) is 0 Å². The van der Waals surface area contributed by atoms with Crippen molar-refractivity contribution in [3.05, 3.63) is 0 Å². The van der Waals surface area contributed by atoms with E-state index in [2.05, 4.69) is 38.0 Å². The summed E-state index contributed by atoms with van der Waals surface area (Å²) in [4.78, 5) is 2.44. The summed E-state index contributed by atoms with van der Waals surface area (Å²) in [7, 11) is 2.22. The molecule has 0 aromatic carbocycles. The van der Waals surface area contributed by atoms with Crippen LogP contribution in [-0.4, -0.2) is 50.3 Å². The van der Waals surface area contributed by atoms with Gasteiger partial charge >= 0.3 is 0 Å². The molecule has 0 amide bonds. The fourth-order valence-corrected chi connectivity index (χ4v) is 2.48. The smallest absolute Gasteiger partial charge is 0.0671 e. The fourth-order valence-electron chi connectivity index (χ4n) is 2.48. The summed E-state index contributed by atoms with van der Waals surface area (Å²) >= 11 is 0. The Morgan fingerprint density at radius 1 is 1.44 bits per heavy atom. The minimum absolute atomic E-state index is 0.328. The summed E-state index contributed by atoms with van der Waals surface area (Å²) < 4.78 is 5.53. The lowest BCUT2D eigenvalue weighted by atomic mass is 9.92. The molecule has 1 saturated heterocycles. The van der Waals surface area contributed by atoms with Crippen LogP contribution in [0.15, 0.2) is 0 Å². The lowest BCUT2D eigenvalue weighted by Crippen LogP contribution is -2.45. The number of piperidine rings is 1. The monoisotopic (exact) mass is 228 g/mol. The molecule has 0 radical (unpaired) electrons. The summed E-state index contributed by atoms with van der Waals surface area (Å²) in [6, 6.07) is 0.602. The maximum absolute atomic E-state index is 5.53. The zero-order valence-electron chi connectivity index (χ0n) is 11.3. The van der Waals surface area contributed by atoms with E-state index in [1.165, 1.54) is 25.9 Å². The highest BCUT2D eigenvalue weighted by Crippen LogP contribution is 2.18. The summed E-state index contributed by atoms with van der Waals surface area (Å²) in [6.07, 6.45) is 3.03. The van der Waals surface area contributed by atoms with Crippen molar-refractivity contribution in [1.29, 1.82) is 0 Å². The van der Waals surface area contributed by atoms with E-state index in [1.54, 1.807) is 0 Å². The third-order valence-corrected chi connectivity index (χ3v) is 3.55. The van der Waals surface area contributed by atoms with Crippen molar-refractivity contribution in [1.82, 2.24) is 10.2 Å². The molecule has 1 rings (SSSR count). The van der Waals surface area contributed by atoms with Crippen LogP contribution in [0.3, 0.4) is 0 Å². The highest BCUT2D eigenvalue weighted by atomic mass is 16.5. The molecule has 3 atom stereocenters. The zero-order valence-corrected chi connectivity index (χ0v) is 11.3. The predicted molar refractivity (Wildman–Crippen MR) is 68.8 cm³/mol. The van der Waals surface area contributed by atoms with Crippen LogP contribution >= 0.6 is 0 Å². The second kappa shape index (κ2) is 7.25. The molecule has 1 fully saturated rings. The number of ether oxygens (including phenoxy) is 1. The summed E-state index contributed by atoms with van der Waals surface area (Å²) in [5.74, 6) is 0.799. The molecule has 1 aliphatic heterocycles. The third kappa shape index (κ3) is 4.81. The van der Waals surface area contributed by atoms with Gasteiger partial charge in [-0.1, -0.05) is 0 Å². The van der Waals surface area contributed by atoms with E-state index in [0.29, 0.717) is 12.1 Å². The molecule has 3 unspecified atom stereocenters. The Morgan fingerprint density at radius 2 is 2.19 bits per heavy atom. The minimum Gasteiger partial charge on any atom is -0.377 e. The Hall–Kier alpha value is -0.120. The summed E-state index contributed by atoms with van der Waals surface area (Å²) in [6.45, 7) is 10.8. The Kier molecular flexibility index (Phi) is 6.32. The van der Waals surface area contributed by atoms with E-state index in [0.717, 1.165) is 19.1 Å². The average molecular weight is 228 g/mol. The SMILES string of the molecule is CCOC(C)CNC(C)C1CCCN(C)C1. The molecular formula is C13H28N2O. The van der Waals surface area contributed by atoms with E-state index < -0.39 is 0 Å². The van der Waals surface area contributed by atoms with Gasteiger partial charge in [0.25, 0.3) is 0 Å². The van der Waals surface area contributed by atoms with Crippen LogP contribution < -0.4 is 5.32 Å². The molecular weight excluding hydrogens is 200 g/mol. The number of rotatable bonds is 6. The first kappa shape index (κ1) is 13.9. The lowest BCUT2D eigenvalue weighted by Gasteiger charge is -2.34. The Balaban J connectivity index is 2.20. The Morgan fingerprint density at radius 3 is 2.81 bits per heavy atom. The van der Waals surface area contributed by atoms with E-state index >= 15 is 0 Å². The molecule has 3 nitrogen and oxygen atoms in total. The van der Waals surface area contributed by atoms with Crippen LogP contribution in [0.25, 0.3) is 0 Å². The Labute approximate surface area is 101 Å². The first-order chi connectivity index (χ1) is 7.63. The van der Waals surface area contributed by atoms with E-state index in [4.69, 9.17) is 4.74 Å². The van der Waals surface area contributed by atoms with Crippen molar-refractivity contribution in [2.24, 2.45) is 5.92 Å². The molecule has 0 bridgehead atoms. The molecule has 1 aliphatic rings. The number of nitrogens with one attached hydrogen (secondary N) is 1. The highest BCUT2D eigenvalue weighted by Gasteiger charge is 2.22. The second-order valence-electron chi connectivity index (χ2n) is 5.13. The van der Waals surface area contributed by atoms with Crippen molar-refractivity contribution in [2.45, 2.75) is 45.8 Å². The maximum Gasteiger partial charge on any atom is 0.0671 e. The van der Waals surface area contributed by atoms with Gasteiger partial charge in [0.05, 0.1) is 6.10 Å². The molecule has 96 valence electrons. The fraction of sp³-hybridized carbons (Fsp3) is 1.00. The lowest BCUT2D eigenvalue weighted by molar-refractivity contribution is 0.0702. The third-order valence-electron chi connectivity index (χ3n) is 3.55. The number of nitrogens with zero attached hydrogens (tertiary/aromatic N) is 1.